The van der Waals surface area contributed by atoms with E-state index in [-0.39, 0.29) is 6.04 Å². The molecule has 0 unspecified atom stereocenters. The Morgan fingerprint density at radius 3 is 2.79 bits per heavy atom. The van der Waals surface area contributed by atoms with Crippen LogP contribution in [0.3, 0.4) is 0 Å². The number of nitrogens with zero attached hydrogens (tertiary/aromatic N) is 3. The molecule has 0 aliphatic rings. The molecule has 0 saturated heterocycles. The third kappa shape index (κ3) is 1.28. The zero-order valence-corrected chi connectivity index (χ0v) is 8.65. The summed E-state index contributed by atoms with van der Waals surface area (Å²) in [5, 5.41) is 0. The number of nitrogens with two attached hydrogens (primary N) is 1. The van der Waals surface area contributed by atoms with Crippen LogP contribution in [0.15, 0.2) is 12.4 Å². The van der Waals surface area contributed by atoms with Crippen LogP contribution in [0, 0.1) is 13.8 Å². The van der Waals surface area contributed by atoms with Crippen LogP contribution in [-0.2, 0) is 0 Å². The van der Waals surface area contributed by atoms with E-state index in [1.54, 1.807) is 6.20 Å². The number of fused-ring (bicyclic) bond motifs is 1. The van der Waals surface area contributed by atoms with E-state index in [0.29, 0.717) is 0 Å². The van der Waals surface area contributed by atoms with Crippen molar-refractivity contribution in [1.29, 1.82) is 0 Å². The molecular formula is C10H14N4. The fourth-order valence-corrected chi connectivity index (χ4v) is 1.40. The summed E-state index contributed by atoms with van der Waals surface area (Å²) in [6.07, 6.45) is 3.79. The van der Waals surface area contributed by atoms with Crippen LogP contribution in [0.25, 0.3) is 5.78 Å². The summed E-state index contributed by atoms with van der Waals surface area (Å²) in [6, 6.07) is 0.00834. The predicted molar refractivity (Wildman–Crippen MR) is 55.1 cm³/mol. The predicted octanol–water partition coefficient (Wildman–Crippen LogP) is 1.37. The average molecular weight is 190 g/mol. The first-order chi connectivity index (χ1) is 6.59. The zero-order valence-electron chi connectivity index (χ0n) is 8.65. The van der Waals surface area contributed by atoms with Crippen molar-refractivity contribution in [1.82, 2.24) is 14.4 Å². The number of rotatable bonds is 1. The monoisotopic (exact) mass is 190 g/mol. The Morgan fingerprint density at radius 2 is 2.14 bits per heavy atom. The largest absolute Gasteiger partial charge is 0.324 e. The molecule has 14 heavy (non-hydrogen) atoms. The molecule has 0 amide bonds. The van der Waals surface area contributed by atoms with Crippen LogP contribution >= 0.6 is 0 Å². The van der Waals surface area contributed by atoms with Crippen LogP contribution < -0.4 is 5.73 Å². The van der Waals surface area contributed by atoms with Gasteiger partial charge in [-0.05, 0) is 20.8 Å². The summed E-state index contributed by atoms with van der Waals surface area (Å²) in [6.45, 7) is 5.96. The molecule has 1 atom stereocenters. The molecule has 0 aliphatic carbocycles. The Hall–Kier alpha value is -1.42. The van der Waals surface area contributed by atoms with Gasteiger partial charge in [0.1, 0.15) is 0 Å². The number of aromatic nitrogens is 3. The van der Waals surface area contributed by atoms with Crippen molar-refractivity contribution in [3.05, 3.63) is 29.3 Å². The second-order valence-corrected chi connectivity index (χ2v) is 3.63. The van der Waals surface area contributed by atoms with E-state index in [1.807, 2.05) is 31.4 Å². The lowest BCUT2D eigenvalue weighted by Gasteiger charge is -2.05. The van der Waals surface area contributed by atoms with Gasteiger partial charge in [0.25, 0.3) is 0 Å². The summed E-state index contributed by atoms with van der Waals surface area (Å²) in [5.74, 6) is 0.740. The molecule has 0 bridgehead atoms. The third-order valence-electron chi connectivity index (χ3n) is 2.50. The number of hydrogen-bond donors (Lipinski definition) is 1. The van der Waals surface area contributed by atoms with Crippen molar-refractivity contribution >= 4 is 5.78 Å². The smallest absolute Gasteiger partial charge is 0.234 e. The normalized spacial score (nSPS) is 13.4. The molecule has 0 spiro atoms. The highest BCUT2D eigenvalue weighted by atomic mass is 15.1. The second kappa shape index (κ2) is 3.06. The van der Waals surface area contributed by atoms with Crippen LogP contribution in [0.5, 0.6) is 0 Å². The van der Waals surface area contributed by atoms with E-state index in [2.05, 4.69) is 9.97 Å². The fourth-order valence-electron chi connectivity index (χ4n) is 1.40. The molecule has 2 heterocycles. The maximum absolute atomic E-state index is 5.79. The molecule has 0 saturated carbocycles. The highest BCUT2D eigenvalue weighted by Gasteiger charge is 2.07. The summed E-state index contributed by atoms with van der Waals surface area (Å²) in [7, 11) is 0. The van der Waals surface area contributed by atoms with Crippen LogP contribution in [0.2, 0.25) is 0 Å². The van der Waals surface area contributed by atoms with E-state index in [1.165, 1.54) is 0 Å². The Balaban J connectivity index is 2.69. The number of hydrogen-bond acceptors (Lipinski definition) is 3. The maximum Gasteiger partial charge on any atom is 0.234 e. The van der Waals surface area contributed by atoms with Gasteiger partial charge < -0.3 is 5.73 Å². The molecule has 74 valence electrons. The van der Waals surface area contributed by atoms with Crippen LogP contribution in [0.4, 0.5) is 0 Å². The van der Waals surface area contributed by atoms with Crippen molar-refractivity contribution in [2.75, 3.05) is 0 Å². The Labute approximate surface area is 82.8 Å². The molecule has 2 rings (SSSR count). The number of aryl methyl sites for hydroxylation is 2. The minimum atomic E-state index is 0.00834. The van der Waals surface area contributed by atoms with Crippen LogP contribution in [-0.4, -0.2) is 14.4 Å². The van der Waals surface area contributed by atoms with Gasteiger partial charge in [-0.3, -0.25) is 4.40 Å². The molecule has 0 aliphatic heterocycles. The lowest BCUT2D eigenvalue weighted by Crippen LogP contribution is -2.07. The lowest BCUT2D eigenvalue weighted by atomic mass is 10.2. The fraction of sp³-hybridized carbons (Fsp3) is 0.400. The van der Waals surface area contributed by atoms with E-state index < -0.39 is 0 Å². The van der Waals surface area contributed by atoms with E-state index in [4.69, 9.17) is 5.73 Å². The first-order valence-electron chi connectivity index (χ1n) is 4.66. The molecule has 2 aromatic heterocycles. The summed E-state index contributed by atoms with van der Waals surface area (Å²) in [5.41, 5.74) is 8.95. The number of imidazole rings is 1. The van der Waals surface area contributed by atoms with Gasteiger partial charge in [-0.2, -0.15) is 0 Å². The van der Waals surface area contributed by atoms with Gasteiger partial charge in [-0.1, -0.05) is 0 Å². The second-order valence-electron chi connectivity index (χ2n) is 3.63. The molecule has 0 fully saturated rings. The Kier molecular flexibility index (Phi) is 2.00. The molecule has 2 aromatic rings. The van der Waals surface area contributed by atoms with Gasteiger partial charge in [0.05, 0.1) is 5.69 Å². The first-order valence-corrected chi connectivity index (χ1v) is 4.66. The minimum absolute atomic E-state index is 0.00834. The van der Waals surface area contributed by atoms with Gasteiger partial charge in [0.2, 0.25) is 5.78 Å². The summed E-state index contributed by atoms with van der Waals surface area (Å²) in [4.78, 5) is 8.58. The van der Waals surface area contributed by atoms with Crippen molar-refractivity contribution < 1.29 is 0 Å². The molecular weight excluding hydrogens is 176 g/mol. The summed E-state index contributed by atoms with van der Waals surface area (Å²) < 4.78 is 1.98. The van der Waals surface area contributed by atoms with Crippen molar-refractivity contribution in [3.63, 3.8) is 0 Å². The molecule has 4 heteroatoms. The minimum Gasteiger partial charge on any atom is -0.324 e. The Bertz CT molecular complexity index is 470. The molecule has 2 N–H and O–H groups in total. The Morgan fingerprint density at radius 1 is 1.43 bits per heavy atom. The van der Waals surface area contributed by atoms with E-state index in [0.717, 1.165) is 22.7 Å². The highest BCUT2D eigenvalue weighted by Crippen LogP contribution is 2.13. The molecule has 0 aromatic carbocycles. The van der Waals surface area contributed by atoms with Crippen LogP contribution in [0.1, 0.15) is 29.9 Å². The van der Waals surface area contributed by atoms with Gasteiger partial charge in [0, 0.05) is 29.7 Å². The lowest BCUT2D eigenvalue weighted by molar-refractivity contribution is 0.797. The SMILES string of the molecule is Cc1nc2ncc([C@H](C)N)cn2c1C. The highest BCUT2D eigenvalue weighted by molar-refractivity contribution is 5.36. The van der Waals surface area contributed by atoms with E-state index in [9.17, 15) is 0 Å². The summed E-state index contributed by atoms with van der Waals surface area (Å²) >= 11 is 0. The van der Waals surface area contributed by atoms with Gasteiger partial charge in [0.15, 0.2) is 0 Å². The topological polar surface area (TPSA) is 56.2 Å². The van der Waals surface area contributed by atoms with Gasteiger partial charge in [-0.15, -0.1) is 0 Å². The first kappa shape index (κ1) is 9.15. The molecule has 0 radical (unpaired) electrons. The van der Waals surface area contributed by atoms with Gasteiger partial charge in [-0.25, -0.2) is 9.97 Å². The average Bonchev–Trinajstić information content (AvgIpc) is 2.43. The maximum atomic E-state index is 5.79. The standard InChI is InChI=1S/C10H14N4/c1-6(11)9-4-12-10-13-7(2)8(3)14(10)5-9/h4-6H,11H2,1-3H3/t6-/m0/s1. The zero-order chi connectivity index (χ0) is 10.3. The quantitative estimate of drug-likeness (QED) is 0.738. The third-order valence-corrected chi connectivity index (χ3v) is 2.50. The molecule has 4 nitrogen and oxygen atoms in total. The van der Waals surface area contributed by atoms with Crippen molar-refractivity contribution in [2.24, 2.45) is 5.73 Å². The van der Waals surface area contributed by atoms with Gasteiger partial charge >= 0.3 is 0 Å². The van der Waals surface area contributed by atoms with Crippen molar-refractivity contribution in [2.45, 2.75) is 26.8 Å². The van der Waals surface area contributed by atoms with Crippen molar-refractivity contribution in [3.8, 4) is 0 Å². The van der Waals surface area contributed by atoms with E-state index >= 15 is 0 Å².